The van der Waals surface area contributed by atoms with Crippen molar-refractivity contribution in [2.45, 2.75) is 44.2 Å². The summed E-state index contributed by atoms with van der Waals surface area (Å²) in [5.74, 6) is 0.0608. The number of halogens is 1. The third kappa shape index (κ3) is 4.33. The van der Waals surface area contributed by atoms with Gasteiger partial charge in [-0.2, -0.15) is 0 Å². The summed E-state index contributed by atoms with van der Waals surface area (Å²) in [6.45, 7) is 2.79. The fourth-order valence-electron chi connectivity index (χ4n) is 4.67. The predicted octanol–water partition coefficient (Wildman–Crippen LogP) is 4.99. The molecule has 1 aliphatic carbocycles. The zero-order chi connectivity index (χ0) is 21.4. The van der Waals surface area contributed by atoms with E-state index in [-0.39, 0.29) is 17.8 Å². The topological polar surface area (TPSA) is 36.4 Å². The summed E-state index contributed by atoms with van der Waals surface area (Å²) < 4.78 is 14.0. The summed E-state index contributed by atoms with van der Waals surface area (Å²) in [6, 6.07) is 17.1. The summed E-state index contributed by atoms with van der Waals surface area (Å²) in [7, 11) is 1.89. The van der Waals surface area contributed by atoms with Crippen molar-refractivity contribution < 1.29 is 9.18 Å². The highest BCUT2D eigenvalue weighted by Gasteiger charge is 2.30. The van der Waals surface area contributed by atoms with Crippen molar-refractivity contribution in [3.8, 4) is 0 Å². The van der Waals surface area contributed by atoms with Gasteiger partial charge in [0.15, 0.2) is 0 Å². The molecule has 1 aromatic heterocycles. The zero-order valence-corrected chi connectivity index (χ0v) is 17.9. The maximum Gasteiger partial charge on any atom is 0.254 e. The number of fused-ring (bicyclic) bond motifs is 1. The Bertz CT molecular complexity index is 1100. The molecule has 2 heterocycles. The minimum absolute atomic E-state index is 0.0357. The molecule has 0 spiro atoms. The molecule has 0 radical (unpaired) electrons. The minimum Gasteiger partial charge on any atom is -0.337 e. The van der Waals surface area contributed by atoms with Gasteiger partial charge in [0.2, 0.25) is 0 Å². The minimum atomic E-state index is -0.336. The van der Waals surface area contributed by atoms with Gasteiger partial charge in [-0.15, -0.1) is 0 Å². The Morgan fingerprint density at radius 3 is 2.71 bits per heavy atom. The van der Waals surface area contributed by atoms with Gasteiger partial charge in [0, 0.05) is 43.2 Å². The second-order valence-electron chi connectivity index (χ2n) is 8.96. The van der Waals surface area contributed by atoms with E-state index < -0.39 is 0 Å². The van der Waals surface area contributed by atoms with Gasteiger partial charge in [0.25, 0.3) is 5.91 Å². The summed E-state index contributed by atoms with van der Waals surface area (Å²) in [4.78, 5) is 22.6. The van der Waals surface area contributed by atoms with Gasteiger partial charge in [-0.3, -0.25) is 14.7 Å². The number of piperidine rings is 1. The number of amides is 1. The molecule has 5 heteroatoms. The smallest absolute Gasteiger partial charge is 0.254 e. The van der Waals surface area contributed by atoms with E-state index in [9.17, 15) is 9.18 Å². The van der Waals surface area contributed by atoms with Crippen molar-refractivity contribution in [1.82, 2.24) is 14.8 Å². The van der Waals surface area contributed by atoms with Crippen LogP contribution in [0.25, 0.3) is 10.9 Å². The Morgan fingerprint density at radius 2 is 1.94 bits per heavy atom. The Kier molecular flexibility index (Phi) is 5.45. The lowest BCUT2D eigenvalue weighted by Crippen LogP contribution is -2.48. The van der Waals surface area contributed by atoms with Crippen molar-refractivity contribution in [2.75, 3.05) is 20.1 Å². The van der Waals surface area contributed by atoms with Crippen LogP contribution in [0.3, 0.4) is 0 Å². The fraction of sp³-hybridized carbons (Fsp3) is 0.385. The van der Waals surface area contributed by atoms with Crippen LogP contribution in [-0.2, 0) is 6.54 Å². The summed E-state index contributed by atoms with van der Waals surface area (Å²) in [6.07, 6.45) is 4.27. The maximum absolute atomic E-state index is 14.0. The van der Waals surface area contributed by atoms with Gasteiger partial charge in [-0.05, 0) is 62.1 Å². The van der Waals surface area contributed by atoms with Crippen LogP contribution >= 0.6 is 0 Å². The molecule has 1 amide bonds. The highest BCUT2D eigenvalue weighted by atomic mass is 19.1. The molecule has 3 aromatic rings. The molecule has 2 aliphatic rings. The van der Waals surface area contributed by atoms with Gasteiger partial charge >= 0.3 is 0 Å². The van der Waals surface area contributed by atoms with Gasteiger partial charge in [-0.25, -0.2) is 4.39 Å². The van der Waals surface area contributed by atoms with Crippen LogP contribution in [0.2, 0.25) is 0 Å². The molecule has 1 saturated heterocycles. The molecule has 4 nitrogen and oxygen atoms in total. The highest BCUT2D eigenvalue weighted by Crippen LogP contribution is 2.40. The first-order valence-electron chi connectivity index (χ1n) is 11.2. The summed E-state index contributed by atoms with van der Waals surface area (Å²) in [5, 5.41) is 0.609. The molecule has 1 atom stereocenters. The number of carbonyl (C=O) groups is 1. The average molecular weight is 418 g/mol. The van der Waals surface area contributed by atoms with Crippen molar-refractivity contribution in [3.63, 3.8) is 0 Å². The van der Waals surface area contributed by atoms with E-state index in [2.05, 4.69) is 29.2 Å². The summed E-state index contributed by atoms with van der Waals surface area (Å²) in [5.41, 5.74) is 3.54. The third-order valence-corrected chi connectivity index (χ3v) is 6.61. The molecule has 160 valence electrons. The zero-order valence-electron chi connectivity index (χ0n) is 17.9. The average Bonchev–Trinajstić information content (AvgIpc) is 3.64. The van der Waals surface area contributed by atoms with Gasteiger partial charge < -0.3 is 4.90 Å². The molecule has 31 heavy (non-hydrogen) atoms. The molecule has 2 aromatic carbocycles. The second kappa shape index (κ2) is 8.39. The molecule has 1 aliphatic heterocycles. The van der Waals surface area contributed by atoms with Crippen LogP contribution in [0.1, 0.15) is 53.2 Å². The number of benzene rings is 2. The monoisotopic (exact) mass is 417 g/mol. The van der Waals surface area contributed by atoms with E-state index in [0.717, 1.165) is 51.0 Å². The van der Waals surface area contributed by atoms with Gasteiger partial charge in [-0.1, -0.05) is 30.3 Å². The number of hydrogen-bond donors (Lipinski definition) is 0. The predicted molar refractivity (Wildman–Crippen MR) is 121 cm³/mol. The Hall–Kier alpha value is -2.79. The van der Waals surface area contributed by atoms with E-state index in [1.165, 1.54) is 17.7 Å². The number of rotatable bonds is 5. The molecular formula is C26H28FN3O. The fourth-order valence-corrected chi connectivity index (χ4v) is 4.67. The molecule has 0 N–H and O–H groups in total. The lowest BCUT2D eigenvalue weighted by Gasteiger charge is -2.38. The van der Waals surface area contributed by atoms with E-state index in [1.54, 1.807) is 6.07 Å². The largest absolute Gasteiger partial charge is 0.337 e. The number of nitrogens with zero attached hydrogens (tertiary/aromatic N) is 3. The van der Waals surface area contributed by atoms with Crippen molar-refractivity contribution in [2.24, 2.45) is 0 Å². The van der Waals surface area contributed by atoms with Crippen LogP contribution in [-0.4, -0.2) is 46.9 Å². The van der Waals surface area contributed by atoms with E-state index in [4.69, 9.17) is 4.98 Å². The molecule has 1 saturated carbocycles. The lowest BCUT2D eigenvalue weighted by molar-refractivity contribution is 0.0611. The number of hydrogen-bond acceptors (Lipinski definition) is 3. The number of pyridine rings is 1. The Labute approximate surface area is 182 Å². The van der Waals surface area contributed by atoms with Crippen LogP contribution in [0.15, 0.2) is 54.6 Å². The standard InChI is InChI=1S/C26H28FN3O/c1-29(21-8-5-13-30(17-21)16-18-6-3-2-4-7-18)26(31)23-15-25(19-9-10-19)28-24-12-11-20(27)14-22(23)24/h2-4,6-7,11-12,14-15,19,21H,5,8-10,13,16-17H2,1H3. The van der Waals surface area contributed by atoms with Gasteiger partial charge in [0.05, 0.1) is 11.1 Å². The Balaban J connectivity index is 1.39. The molecule has 0 bridgehead atoms. The number of carbonyl (C=O) groups excluding carboxylic acids is 1. The quantitative estimate of drug-likeness (QED) is 0.587. The molecule has 5 rings (SSSR count). The molecule has 1 unspecified atom stereocenters. The first-order chi connectivity index (χ1) is 15.1. The van der Waals surface area contributed by atoms with Crippen molar-refractivity contribution >= 4 is 16.8 Å². The van der Waals surface area contributed by atoms with Crippen LogP contribution in [0, 0.1) is 5.82 Å². The third-order valence-electron chi connectivity index (χ3n) is 6.61. The van der Waals surface area contributed by atoms with Crippen LogP contribution in [0.4, 0.5) is 4.39 Å². The lowest BCUT2D eigenvalue weighted by atomic mass is 10.0. The SMILES string of the molecule is CN(C(=O)c1cc(C2CC2)nc2ccc(F)cc12)C1CCCN(Cc2ccccc2)C1. The molecule has 2 fully saturated rings. The Morgan fingerprint density at radius 1 is 1.13 bits per heavy atom. The maximum atomic E-state index is 14.0. The number of likely N-dealkylation sites (tertiary alicyclic amines) is 1. The normalized spacial score (nSPS) is 19.5. The van der Waals surface area contributed by atoms with E-state index >= 15 is 0 Å². The first-order valence-corrected chi connectivity index (χ1v) is 11.2. The molecular weight excluding hydrogens is 389 g/mol. The highest BCUT2D eigenvalue weighted by molar-refractivity contribution is 6.06. The number of aromatic nitrogens is 1. The van der Waals surface area contributed by atoms with E-state index in [1.807, 2.05) is 24.1 Å². The van der Waals surface area contributed by atoms with Crippen LogP contribution < -0.4 is 0 Å². The summed E-state index contributed by atoms with van der Waals surface area (Å²) >= 11 is 0. The van der Waals surface area contributed by atoms with Crippen LogP contribution in [0.5, 0.6) is 0 Å². The second-order valence-corrected chi connectivity index (χ2v) is 8.96. The van der Waals surface area contributed by atoms with Gasteiger partial charge in [0.1, 0.15) is 5.82 Å². The first kappa shape index (κ1) is 20.1. The van der Waals surface area contributed by atoms with Crippen molar-refractivity contribution in [3.05, 3.63) is 77.2 Å². The number of likely N-dealkylation sites (N-methyl/N-ethyl adjacent to an activating group) is 1. The van der Waals surface area contributed by atoms with E-state index in [0.29, 0.717) is 22.4 Å². The van der Waals surface area contributed by atoms with Crippen molar-refractivity contribution in [1.29, 1.82) is 0 Å².